The molecular formula is C17H12BrNO3. The average Bonchev–Trinajstić information content (AvgIpc) is 3.20. The first kappa shape index (κ1) is 12.5. The Morgan fingerprint density at radius 3 is 2.86 bits per heavy atom. The van der Waals surface area contributed by atoms with E-state index < -0.39 is 5.41 Å². The van der Waals surface area contributed by atoms with E-state index in [9.17, 15) is 4.79 Å². The normalized spacial score (nSPS) is 24.0. The van der Waals surface area contributed by atoms with Gasteiger partial charge in [0, 0.05) is 23.6 Å². The number of halogens is 1. The SMILES string of the molecule is O=C1N(Br)c2ccccc2C12COc1cc3c(cc12)CCO3. The Balaban J connectivity index is 1.80. The highest BCUT2D eigenvalue weighted by molar-refractivity contribution is 9.10. The fourth-order valence-electron chi connectivity index (χ4n) is 3.72. The minimum Gasteiger partial charge on any atom is -0.493 e. The summed E-state index contributed by atoms with van der Waals surface area (Å²) in [5.41, 5.74) is 3.25. The lowest BCUT2D eigenvalue weighted by atomic mass is 9.76. The molecule has 3 heterocycles. The number of anilines is 1. The molecule has 1 amide bonds. The molecule has 1 spiro atoms. The Morgan fingerprint density at radius 2 is 1.95 bits per heavy atom. The zero-order chi connectivity index (χ0) is 14.9. The fraction of sp³-hybridized carbons (Fsp3) is 0.235. The Labute approximate surface area is 136 Å². The lowest BCUT2D eigenvalue weighted by molar-refractivity contribution is -0.120. The third kappa shape index (κ3) is 1.31. The van der Waals surface area contributed by atoms with Gasteiger partial charge in [0.1, 0.15) is 23.5 Å². The summed E-state index contributed by atoms with van der Waals surface area (Å²) in [6, 6.07) is 11.9. The van der Waals surface area contributed by atoms with Gasteiger partial charge in [0.2, 0.25) is 0 Å². The van der Waals surface area contributed by atoms with E-state index in [0.717, 1.165) is 40.3 Å². The summed E-state index contributed by atoms with van der Waals surface area (Å²) < 4.78 is 13.1. The summed E-state index contributed by atoms with van der Waals surface area (Å²) in [4.78, 5) is 13.0. The summed E-state index contributed by atoms with van der Waals surface area (Å²) in [5.74, 6) is 1.64. The second-order valence-electron chi connectivity index (χ2n) is 5.85. The highest BCUT2D eigenvalue weighted by Gasteiger charge is 2.57. The van der Waals surface area contributed by atoms with Crippen molar-refractivity contribution in [2.45, 2.75) is 11.8 Å². The number of ether oxygens (including phenoxy) is 2. The zero-order valence-electron chi connectivity index (χ0n) is 11.6. The van der Waals surface area contributed by atoms with Crippen molar-refractivity contribution < 1.29 is 14.3 Å². The first-order chi connectivity index (χ1) is 10.7. The van der Waals surface area contributed by atoms with Crippen molar-refractivity contribution in [2.24, 2.45) is 0 Å². The quantitative estimate of drug-likeness (QED) is 0.680. The molecule has 3 aliphatic heterocycles. The summed E-state index contributed by atoms with van der Waals surface area (Å²) >= 11 is 3.41. The maximum atomic E-state index is 13.0. The first-order valence-electron chi connectivity index (χ1n) is 7.25. The number of carbonyl (C=O) groups is 1. The van der Waals surface area contributed by atoms with Crippen molar-refractivity contribution in [1.29, 1.82) is 0 Å². The molecule has 110 valence electrons. The number of carbonyl (C=O) groups excluding carboxylic acids is 1. The standard InChI is InChI=1S/C17H12BrNO3/c18-19-13-4-2-1-3-11(13)17(16(19)20)9-22-15-8-14-10(5-6-21-14)7-12(15)17/h1-4,7-8H,5-6,9H2. The molecule has 0 saturated heterocycles. The van der Waals surface area contributed by atoms with Crippen LogP contribution in [0.3, 0.4) is 0 Å². The molecule has 0 N–H and O–H groups in total. The van der Waals surface area contributed by atoms with Crippen molar-refractivity contribution in [1.82, 2.24) is 0 Å². The van der Waals surface area contributed by atoms with E-state index in [1.807, 2.05) is 30.3 Å². The summed E-state index contributed by atoms with van der Waals surface area (Å²) in [5, 5.41) is 0. The van der Waals surface area contributed by atoms with Gasteiger partial charge < -0.3 is 9.47 Å². The Hall–Kier alpha value is -2.01. The summed E-state index contributed by atoms with van der Waals surface area (Å²) in [7, 11) is 0. The van der Waals surface area contributed by atoms with Gasteiger partial charge in [-0.3, -0.25) is 4.79 Å². The van der Waals surface area contributed by atoms with Gasteiger partial charge in [0.25, 0.3) is 5.91 Å². The van der Waals surface area contributed by atoms with Crippen LogP contribution < -0.4 is 13.4 Å². The first-order valence-corrected chi connectivity index (χ1v) is 7.95. The van der Waals surface area contributed by atoms with Crippen LogP contribution >= 0.6 is 16.1 Å². The van der Waals surface area contributed by atoms with Gasteiger partial charge in [-0.15, -0.1) is 0 Å². The monoisotopic (exact) mass is 357 g/mol. The van der Waals surface area contributed by atoms with Crippen LogP contribution in [0.25, 0.3) is 0 Å². The van der Waals surface area contributed by atoms with Gasteiger partial charge in [0.15, 0.2) is 0 Å². The van der Waals surface area contributed by atoms with E-state index in [2.05, 4.69) is 22.2 Å². The molecule has 0 saturated carbocycles. The van der Waals surface area contributed by atoms with E-state index in [1.54, 1.807) is 3.93 Å². The predicted molar refractivity (Wildman–Crippen MR) is 84.8 cm³/mol. The number of fused-ring (bicyclic) bond motifs is 5. The Bertz CT molecular complexity index is 835. The van der Waals surface area contributed by atoms with Crippen LogP contribution in [0.1, 0.15) is 16.7 Å². The number of hydrogen-bond acceptors (Lipinski definition) is 3. The maximum absolute atomic E-state index is 13.0. The highest BCUT2D eigenvalue weighted by atomic mass is 79.9. The predicted octanol–water partition coefficient (Wildman–Crippen LogP) is 2.96. The third-order valence-electron chi connectivity index (χ3n) is 4.81. The van der Waals surface area contributed by atoms with E-state index in [4.69, 9.17) is 9.47 Å². The van der Waals surface area contributed by atoms with Crippen LogP contribution in [0, 0.1) is 0 Å². The van der Waals surface area contributed by atoms with Gasteiger partial charge in [0.05, 0.1) is 28.4 Å². The molecule has 1 unspecified atom stereocenters. The van der Waals surface area contributed by atoms with Crippen molar-refractivity contribution in [3.05, 3.63) is 53.1 Å². The van der Waals surface area contributed by atoms with Crippen LogP contribution in [0.5, 0.6) is 11.5 Å². The molecule has 0 fully saturated rings. The van der Waals surface area contributed by atoms with Crippen LogP contribution in [0.15, 0.2) is 36.4 Å². The second kappa shape index (κ2) is 4.04. The molecule has 22 heavy (non-hydrogen) atoms. The van der Waals surface area contributed by atoms with Gasteiger partial charge >= 0.3 is 0 Å². The molecule has 1 atom stereocenters. The summed E-state index contributed by atoms with van der Waals surface area (Å²) in [6.45, 7) is 1.03. The average molecular weight is 358 g/mol. The second-order valence-corrected chi connectivity index (χ2v) is 6.56. The van der Waals surface area contributed by atoms with Gasteiger partial charge in [-0.2, -0.15) is 0 Å². The molecule has 4 nitrogen and oxygen atoms in total. The zero-order valence-corrected chi connectivity index (χ0v) is 13.2. The van der Waals surface area contributed by atoms with Crippen molar-refractivity contribution in [2.75, 3.05) is 17.1 Å². The molecule has 0 aliphatic carbocycles. The lowest BCUT2D eigenvalue weighted by Crippen LogP contribution is -2.39. The van der Waals surface area contributed by atoms with Gasteiger partial charge in [-0.05, 0) is 17.7 Å². The number of rotatable bonds is 0. The van der Waals surface area contributed by atoms with Crippen molar-refractivity contribution in [3.8, 4) is 11.5 Å². The number of para-hydroxylation sites is 1. The van der Waals surface area contributed by atoms with Crippen LogP contribution in [0.2, 0.25) is 0 Å². The molecule has 0 radical (unpaired) electrons. The highest BCUT2D eigenvalue weighted by Crippen LogP contribution is 2.54. The van der Waals surface area contributed by atoms with Crippen LogP contribution in [-0.4, -0.2) is 19.1 Å². The smallest absolute Gasteiger partial charge is 0.255 e. The summed E-state index contributed by atoms with van der Waals surface area (Å²) in [6.07, 6.45) is 0.882. The topological polar surface area (TPSA) is 38.8 Å². The van der Waals surface area contributed by atoms with E-state index in [1.165, 1.54) is 0 Å². The maximum Gasteiger partial charge on any atom is 0.255 e. The van der Waals surface area contributed by atoms with E-state index >= 15 is 0 Å². The molecule has 2 aromatic carbocycles. The largest absolute Gasteiger partial charge is 0.493 e. The number of amides is 1. The minimum absolute atomic E-state index is 0.00585. The fourth-order valence-corrected chi connectivity index (χ4v) is 4.33. The molecule has 2 aromatic rings. The lowest BCUT2D eigenvalue weighted by Gasteiger charge is -2.21. The molecular weight excluding hydrogens is 346 g/mol. The minimum atomic E-state index is -0.743. The third-order valence-corrected chi connectivity index (χ3v) is 5.52. The number of nitrogens with zero attached hydrogens (tertiary/aromatic N) is 1. The van der Waals surface area contributed by atoms with Gasteiger partial charge in [-0.1, -0.05) is 18.2 Å². The van der Waals surface area contributed by atoms with Crippen molar-refractivity contribution >= 4 is 27.7 Å². The molecule has 0 bridgehead atoms. The van der Waals surface area contributed by atoms with E-state index in [0.29, 0.717) is 13.2 Å². The molecule has 5 heteroatoms. The Kier molecular flexibility index (Phi) is 2.30. The molecule has 5 rings (SSSR count). The molecule has 0 aromatic heterocycles. The molecule has 3 aliphatic rings. The van der Waals surface area contributed by atoms with Crippen LogP contribution in [0.4, 0.5) is 5.69 Å². The van der Waals surface area contributed by atoms with Gasteiger partial charge in [-0.25, -0.2) is 3.93 Å². The Morgan fingerprint density at radius 1 is 1.09 bits per heavy atom. The number of benzene rings is 2. The number of hydrogen-bond donors (Lipinski definition) is 0. The van der Waals surface area contributed by atoms with Crippen molar-refractivity contribution in [3.63, 3.8) is 0 Å². The van der Waals surface area contributed by atoms with E-state index in [-0.39, 0.29) is 5.91 Å². The van der Waals surface area contributed by atoms with Crippen LogP contribution in [-0.2, 0) is 16.6 Å².